The number of tetrazole rings is 1. The molecular weight excluding hydrogens is 373 g/mol. The Hall–Kier alpha value is -3.27. The number of imidazole rings is 1. The van der Waals surface area contributed by atoms with Gasteiger partial charge in [0.2, 0.25) is 5.82 Å². The zero-order valence-electron chi connectivity index (χ0n) is 16.0. The molecule has 0 unspecified atom stereocenters. The van der Waals surface area contributed by atoms with E-state index in [0.717, 1.165) is 38.0 Å². The average molecular weight is 393 g/mol. The van der Waals surface area contributed by atoms with Gasteiger partial charge >= 0.3 is 0 Å². The quantitative estimate of drug-likeness (QED) is 0.563. The van der Waals surface area contributed by atoms with Crippen molar-refractivity contribution < 1.29 is 4.39 Å². The summed E-state index contributed by atoms with van der Waals surface area (Å²) in [7, 11) is 1.77. The van der Waals surface area contributed by atoms with E-state index in [4.69, 9.17) is 4.98 Å². The first-order chi connectivity index (χ1) is 14.2. The second kappa shape index (κ2) is 7.28. The smallest absolute Gasteiger partial charge is 0.200 e. The van der Waals surface area contributed by atoms with Gasteiger partial charge < -0.3 is 5.32 Å². The van der Waals surface area contributed by atoms with Crippen LogP contribution in [0.1, 0.15) is 18.5 Å². The summed E-state index contributed by atoms with van der Waals surface area (Å²) in [6.07, 6.45) is 6.20. The average Bonchev–Trinajstić information content (AvgIpc) is 3.34. The molecule has 0 saturated carbocycles. The maximum Gasteiger partial charge on any atom is 0.200 e. The van der Waals surface area contributed by atoms with Crippen molar-refractivity contribution in [3.8, 4) is 23.0 Å². The summed E-state index contributed by atoms with van der Waals surface area (Å²) >= 11 is 0. The molecule has 0 aromatic carbocycles. The highest BCUT2D eigenvalue weighted by molar-refractivity contribution is 5.60. The van der Waals surface area contributed by atoms with Crippen LogP contribution in [0.4, 0.5) is 4.39 Å². The normalized spacial score (nSPS) is 17.1. The molecule has 1 saturated heterocycles. The number of halogens is 1. The third-order valence-electron chi connectivity index (χ3n) is 5.22. The van der Waals surface area contributed by atoms with Crippen molar-refractivity contribution in [3.05, 3.63) is 42.1 Å². The van der Waals surface area contributed by atoms with Crippen LogP contribution in [0.15, 0.2) is 30.6 Å². The van der Waals surface area contributed by atoms with E-state index in [9.17, 15) is 4.39 Å². The zero-order valence-corrected chi connectivity index (χ0v) is 16.0. The minimum absolute atomic E-state index is 0.348. The van der Waals surface area contributed by atoms with Gasteiger partial charge in [-0.05, 0) is 66.9 Å². The highest BCUT2D eigenvalue weighted by atomic mass is 19.1. The molecule has 0 aliphatic carbocycles. The molecule has 1 aliphatic heterocycles. The Bertz CT molecular complexity index is 1160. The Morgan fingerprint density at radius 1 is 1.28 bits per heavy atom. The lowest BCUT2D eigenvalue weighted by Crippen LogP contribution is -2.31. The van der Waals surface area contributed by atoms with E-state index in [-0.39, 0.29) is 5.82 Å². The van der Waals surface area contributed by atoms with Gasteiger partial charge in [-0.15, -0.1) is 5.10 Å². The molecule has 29 heavy (non-hydrogen) atoms. The van der Waals surface area contributed by atoms with Crippen LogP contribution in [-0.2, 0) is 13.5 Å². The summed E-state index contributed by atoms with van der Waals surface area (Å²) in [5, 5.41) is 15.2. The molecule has 148 valence electrons. The Kier molecular flexibility index (Phi) is 4.47. The number of hydrogen-bond donors (Lipinski definition) is 1. The summed E-state index contributed by atoms with van der Waals surface area (Å²) in [4.78, 5) is 13.8. The van der Waals surface area contributed by atoms with Crippen molar-refractivity contribution in [2.75, 3.05) is 13.1 Å². The number of fused-ring (bicyclic) bond motifs is 1. The van der Waals surface area contributed by atoms with Crippen LogP contribution < -0.4 is 5.32 Å². The fraction of sp³-hybridized carbons (Fsp3) is 0.368. The molecule has 9 nitrogen and oxygen atoms in total. The topological polar surface area (TPSA) is 98.7 Å². The van der Waals surface area contributed by atoms with Gasteiger partial charge in [0.05, 0.1) is 6.20 Å². The van der Waals surface area contributed by atoms with E-state index in [1.54, 1.807) is 28.4 Å². The molecule has 0 amide bonds. The highest BCUT2D eigenvalue weighted by Crippen LogP contribution is 2.24. The lowest BCUT2D eigenvalue weighted by atomic mass is 9.94. The van der Waals surface area contributed by atoms with Crippen molar-refractivity contribution in [1.29, 1.82) is 0 Å². The summed E-state index contributed by atoms with van der Waals surface area (Å²) in [5.41, 5.74) is 2.80. The van der Waals surface area contributed by atoms with Gasteiger partial charge in [-0.2, -0.15) is 0 Å². The number of nitrogens with one attached hydrogen (secondary N) is 1. The number of pyridine rings is 1. The van der Waals surface area contributed by atoms with Crippen LogP contribution in [0.2, 0.25) is 0 Å². The van der Waals surface area contributed by atoms with Crippen molar-refractivity contribution in [2.24, 2.45) is 13.0 Å². The Morgan fingerprint density at radius 3 is 3.00 bits per heavy atom. The maximum absolute atomic E-state index is 13.8. The van der Waals surface area contributed by atoms with Gasteiger partial charge in [0.1, 0.15) is 22.9 Å². The molecule has 4 aromatic rings. The molecule has 1 atom stereocenters. The predicted molar refractivity (Wildman–Crippen MR) is 103 cm³/mol. The fourth-order valence-corrected chi connectivity index (χ4v) is 3.79. The fourth-order valence-electron chi connectivity index (χ4n) is 3.79. The van der Waals surface area contributed by atoms with Crippen LogP contribution >= 0.6 is 0 Å². The Labute approximate surface area is 166 Å². The lowest BCUT2D eigenvalue weighted by molar-refractivity contribution is 0.373. The monoisotopic (exact) mass is 393 g/mol. The van der Waals surface area contributed by atoms with Crippen LogP contribution in [-0.4, -0.2) is 52.6 Å². The van der Waals surface area contributed by atoms with Crippen molar-refractivity contribution >= 4 is 5.65 Å². The summed E-state index contributed by atoms with van der Waals surface area (Å²) in [5.74, 6) is 1.19. The molecule has 5 rings (SSSR count). The molecule has 5 heterocycles. The SMILES string of the molecule is Cn1nnnc1-c1cc(C[C@@H]2CCCNC2)nc(-c2cnc3ccc(F)cn23)n1. The molecule has 1 fully saturated rings. The van der Waals surface area contributed by atoms with Crippen LogP contribution in [0, 0.1) is 11.7 Å². The van der Waals surface area contributed by atoms with Crippen LogP contribution in [0.25, 0.3) is 28.7 Å². The van der Waals surface area contributed by atoms with Crippen LogP contribution in [0.5, 0.6) is 0 Å². The van der Waals surface area contributed by atoms with Crippen molar-refractivity contribution in [1.82, 2.24) is 44.9 Å². The highest BCUT2D eigenvalue weighted by Gasteiger charge is 2.19. The first-order valence-electron chi connectivity index (χ1n) is 9.62. The van der Waals surface area contributed by atoms with Gasteiger partial charge in [-0.3, -0.25) is 4.40 Å². The lowest BCUT2D eigenvalue weighted by Gasteiger charge is -2.22. The van der Waals surface area contributed by atoms with Gasteiger partial charge in [-0.25, -0.2) is 24.0 Å². The molecule has 0 bridgehead atoms. The van der Waals surface area contributed by atoms with Crippen LogP contribution in [0.3, 0.4) is 0 Å². The third-order valence-corrected chi connectivity index (χ3v) is 5.22. The number of rotatable bonds is 4. The van der Waals surface area contributed by atoms with Gasteiger partial charge in [-0.1, -0.05) is 0 Å². The van der Waals surface area contributed by atoms with Crippen molar-refractivity contribution in [2.45, 2.75) is 19.3 Å². The third kappa shape index (κ3) is 3.46. The molecule has 1 N–H and O–H groups in total. The molecular formula is C19H20FN9. The Balaban J connectivity index is 1.62. The zero-order chi connectivity index (χ0) is 19.8. The van der Waals surface area contributed by atoms with E-state index in [0.29, 0.717) is 34.6 Å². The molecule has 4 aromatic heterocycles. The predicted octanol–water partition coefficient (Wildman–Crippen LogP) is 1.66. The largest absolute Gasteiger partial charge is 0.316 e. The van der Waals surface area contributed by atoms with E-state index in [1.807, 2.05) is 6.07 Å². The standard InChI is InChI=1S/C19H20FN9/c1-28-19(25-26-27-28)15-8-14(7-12-3-2-6-21-9-12)23-18(24-15)16-10-22-17-5-4-13(20)11-29(16)17/h4-5,8,10-12,21H,2-3,6-7,9H2,1H3/t12-/m0/s1. The van der Waals surface area contributed by atoms with E-state index >= 15 is 0 Å². The van der Waals surface area contributed by atoms with E-state index in [1.165, 1.54) is 12.3 Å². The first kappa shape index (κ1) is 17.8. The second-order valence-electron chi connectivity index (χ2n) is 7.33. The summed E-state index contributed by atoms with van der Waals surface area (Å²) in [6, 6.07) is 4.95. The minimum atomic E-state index is -0.348. The van der Waals surface area contributed by atoms with Gasteiger partial charge in [0.15, 0.2) is 5.82 Å². The number of nitrogens with zero attached hydrogens (tertiary/aromatic N) is 8. The summed E-state index contributed by atoms with van der Waals surface area (Å²) < 4.78 is 17.1. The first-order valence-corrected chi connectivity index (χ1v) is 9.62. The number of aromatic nitrogens is 8. The molecule has 10 heteroatoms. The molecule has 0 radical (unpaired) electrons. The number of hydrogen-bond acceptors (Lipinski definition) is 7. The van der Waals surface area contributed by atoms with Crippen molar-refractivity contribution in [3.63, 3.8) is 0 Å². The van der Waals surface area contributed by atoms with Gasteiger partial charge in [0.25, 0.3) is 0 Å². The second-order valence-corrected chi connectivity index (χ2v) is 7.33. The minimum Gasteiger partial charge on any atom is -0.316 e. The van der Waals surface area contributed by atoms with E-state index < -0.39 is 0 Å². The summed E-state index contributed by atoms with van der Waals surface area (Å²) in [6.45, 7) is 2.04. The van der Waals surface area contributed by atoms with E-state index in [2.05, 4.69) is 30.8 Å². The Morgan fingerprint density at radius 2 is 2.21 bits per heavy atom. The molecule has 0 spiro atoms. The van der Waals surface area contributed by atoms with Gasteiger partial charge in [0, 0.05) is 18.9 Å². The molecule has 1 aliphatic rings. The number of piperidine rings is 1. The number of aryl methyl sites for hydroxylation is 1. The maximum atomic E-state index is 13.8.